The van der Waals surface area contributed by atoms with Gasteiger partial charge < -0.3 is 10.1 Å². The van der Waals surface area contributed by atoms with E-state index < -0.39 is 18.0 Å². The van der Waals surface area contributed by atoms with Gasteiger partial charge in [-0.25, -0.2) is 19.0 Å². The molecule has 27 heavy (non-hydrogen) atoms. The number of esters is 1. The minimum absolute atomic E-state index is 0.0783. The maximum atomic E-state index is 12.3. The first-order chi connectivity index (χ1) is 12.8. The Labute approximate surface area is 155 Å². The van der Waals surface area contributed by atoms with Gasteiger partial charge in [-0.05, 0) is 40.7 Å². The van der Waals surface area contributed by atoms with Gasteiger partial charge in [-0.1, -0.05) is 0 Å². The molecule has 3 rings (SSSR count). The number of amides is 1. The molecule has 0 saturated carbocycles. The highest BCUT2D eigenvalue weighted by molar-refractivity contribution is 5.96. The molecule has 3 aromatic heterocycles. The topological polar surface area (TPSA) is 116 Å². The second-order valence-electron chi connectivity index (χ2n) is 6.48. The highest BCUT2D eigenvalue weighted by Crippen LogP contribution is 2.14. The van der Waals surface area contributed by atoms with Crippen LogP contribution < -0.4 is 5.32 Å². The van der Waals surface area contributed by atoms with Crippen LogP contribution in [-0.4, -0.2) is 47.3 Å². The Morgan fingerprint density at radius 2 is 1.93 bits per heavy atom. The zero-order valence-corrected chi connectivity index (χ0v) is 15.8. The van der Waals surface area contributed by atoms with Crippen LogP contribution in [0.5, 0.6) is 0 Å². The Morgan fingerprint density at radius 3 is 2.63 bits per heavy atom. The molecule has 0 aliphatic carbocycles. The molecule has 0 aliphatic rings. The van der Waals surface area contributed by atoms with E-state index in [4.69, 9.17) is 4.74 Å². The van der Waals surface area contributed by atoms with E-state index in [-0.39, 0.29) is 11.9 Å². The maximum absolute atomic E-state index is 12.3. The molecule has 10 nitrogen and oxygen atoms in total. The quantitative estimate of drug-likeness (QED) is 0.679. The van der Waals surface area contributed by atoms with E-state index in [1.54, 1.807) is 16.9 Å². The molecule has 0 fully saturated rings. The van der Waals surface area contributed by atoms with Gasteiger partial charge >= 0.3 is 5.97 Å². The monoisotopic (exact) mass is 371 g/mol. The van der Waals surface area contributed by atoms with Crippen molar-refractivity contribution in [3.05, 3.63) is 35.5 Å². The third kappa shape index (κ3) is 3.78. The van der Waals surface area contributed by atoms with Crippen molar-refractivity contribution in [1.29, 1.82) is 0 Å². The van der Waals surface area contributed by atoms with Crippen molar-refractivity contribution in [1.82, 2.24) is 29.4 Å². The lowest BCUT2D eigenvalue weighted by Crippen LogP contribution is -2.31. The number of ether oxygens (including phenoxy) is 1. The molecular weight excluding hydrogens is 350 g/mol. The molecule has 0 radical (unpaired) electrons. The molecule has 0 bridgehead atoms. The van der Waals surface area contributed by atoms with E-state index in [0.717, 1.165) is 11.4 Å². The number of hydrogen-bond donors (Lipinski definition) is 1. The third-order valence-electron chi connectivity index (χ3n) is 3.86. The summed E-state index contributed by atoms with van der Waals surface area (Å²) >= 11 is 0. The summed E-state index contributed by atoms with van der Waals surface area (Å²) in [5, 5.41) is 10.9. The first kappa shape index (κ1) is 18.5. The summed E-state index contributed by atoms with van der Waals surface area (Å²) in [4.78, 5) is 33.0. The Bertz CT molecular complexity index is 1010. The Kier molecular flexibility index (Phi) is 4.89. The average molecular weight is 371 g/mol. The van der Waals surface area contributed by atoms with Crippen LogP contribution in [0.1, 0.15) is 48.8 Å². The molecular formula is C17H21N7O3. The van der Waals surface area contributed by atoms with E-state index in [1.165, 1.54) is 11.4 Å². The number of anilines is 1. The van der Waals surface area contributed by atoms with Gasteiger partial charge in [-0.3, -0.25) is 4.79 Å². The smallest absolute Gasteiger partial charge is 0.379 e. The average Bonchev–Trinajstić information content (AvgIpc) is 3.21. The number of aromatic nitrogens is 6. The van der Waals surface area contributed by atoms with Crippen LogP contribution in [0.3, 0.4) is 0 Å². The fourth-order valence-electron chi connectivity index (χ4n) is 2.57. The summed E-state index contributed by atoms with van der Waals surface area (Å²) in [6, 6.07) is 3.58. The van der Waals surface area contributed by atoms with Gasteiger partial charge in [-0.2, -0.15) is 10.1 Å². The number of rotatable bonds is 5. The lowest BCUT2D eigenvalue weighted by molar-refractivity contribution is -0.123. The highest BCUT2D eigenvalue weighted by atomic mass is 16.5. The van der Waals surface area contributed by atoms with Gasteiger partial charge in [0.15, 0.2) is 6.10 Å². The Morgan fingerprint density at radius 1 is 1.19 bits per heavy atom. The number of carbonyl (C=O) groups excluding carboxylic acids is 2. The summed E-state index contributed by atoms with van der Waals surface area (Å²) in [5.41, 5.74) is 1.55. The van der Waals surface area contributed by atoms with Crippen LogP contribution >= 0.6 is 0 Å². The molecule has 3 heterocycles. The molecule has 1 amide bonds. The second-order valence-corrected chi connectivity index (χ2v) is 6.48. The third-order valence-corrected chi connectivity index (χ3v) is 3.86. The molecule has 10 heteroatoms. The predicted molar refractivity (Wildman–Crippen MR) is 96.4 cm³/mol. The molecule has 1 N–H and O–H groups in total. The van der Waals surface area contributed by atoms with Crippen molar-refractivity contribution in [3.8, 4) is 0 Å². The SMILES string of the molecule is Cc1cc(C)n2nc(C(=O)O[C@H](C)C(=O)Nc3ccnn3C(C)C)nc2n1. The highest BCUT2D eigenvalue weighted by Gasteiger charge is 2.23. The van der Waals surface area contributed by atoms with Crippen LogP contribution in [0, 0.1) is 13.8 Å². The fourth-order valence-corrected chi connectivity index (χ4v) is 2.57. The molecule has 0 aliphatic heterocycles. The van der Waals surface area contributed by atoms with Crippen molar-refractivity contribution >= 4 is 23.5 Å². The van der Waals surface area contributed by atoms with E-state index in [9.17, 15) is 9.59 Å². The first-order valence-corrected chi connectivity index (χ1v) is 8.52. The van der Waals surface area contributed by atoms with Gasteiger partial charge in [0, 0.05) is 23.5 Å². The summed E-state index contributed by atoms with van der Waals surface area (Å²) < 4.78 is 8.31. The normalized spacial score (nSPS) is 12.4. The van der Waals surface area contributed by atoms with Crippen LogP contribution in [0.15, 0.2) is 18.3 Å². The minimum atomic E-state index is -1.03. The molecule has 0 aromatic carbocycles. The van der Waals surface area contributed by atoms with Crippen LogP contribution in [-0.2, 0) is 9.53 Å². The van der Waals surface area contributed by atoms with Gasteiger partial charge in [0.1, 0.15) is 5.82 Å². The fraction of sp³-hybridized carbons (Fsp3) is 0.412. The molecule has 142 valence electrons. The summed E-state index contributed by atoms with van der Waals surface area (Å²) in [7, 11) is 0. The van der Waals surface area contributed by atoms with Crippen molar-refractivity contribution in [2.75, 3.05) is 5.32 Å². The van der Waals surface area contributed by atoms with E-state index in [2.05, 4.69) is 25.5 Å². The number of nitrogens with zero attached hydrogens (tertiary/aromatic N) is 6. The maximum Gasteiger partial charge on any atom is 0.379 e. The van der Waals surface area contributed by atoms with E-state index in [0.29, 0.717) is 11.6 Å². The van der Waals surface area contributed by atoms with Crippen molar-refractivity contribution < 1.29 is 14.3 Å². The number of fused-ring (bicyclic) bond motifs is 1. The van der Waals surface area contributed by atoms with Crippen molar-refractivity contribution in [2.24, 2.45) is 0 Å². The van der Waals surface area contributed by atoms with Crippen LogP contribution in [0.2, 0.25) is 0 Å². The molecule has 0 unspecified atom stereocenters. The Hall–Kier alpha value is -3.30. The first-order valence-electron chi connectivity index (χ1n) is 8.52. The summed E-state index contributed by atoms with van der Waals surface area (Å²) in [6.45, 7) is 9.03. The zero-order chi connectivity index (χ0) is 19.7. The lowest BCUT2D eigenvalue weighted by Gasteiger charge is -2.15. The molecule has 3 aromatic rings. The van der Waals surface area contributed by atoms with Crippen LogP contribution in [0.4, 0.5) is 5.82 Å². The number of hydrogen-bond acceptors (Lipinski definition) is 7. The van der Waals surface area contributed by atoms with Crippen LogP contribution in [0.25, 0.3) is 5.78 Å². The van der Waals surface area contributed by atoms with E-state index in [1.807, 2.05) is 33.8 Å². The van der Waals surface area contributed by atoms with Gasteiger partial charge in [-0.15, -0.1) is 5.10 Å². The Balaban J connectivity index is 1.71. The molecule has 1 atom stereocenters. The predicted octanol–water partition coefficient (Wildman–Crippen LogP) is 1.70. The number of nitrogens with one attached hydrogen (secondary N) is 1. The number of aryl methyl sites for hydroxylation is 2. The largest absolute Gasteiger partial charge is 0.447 e. The van der Waals surface area contributed by atoms with E-state index >= 15 is 0 Å². The van der Waals surface area contributed by atoms with Gasteiger partial charge in [0.25, 0.3) is 17.5 Å². The van der Waals surface area contributed by atoms with Gasteiger partial charge in [0.05, 0.1) is 6.20 Å². The van der Waals surface area contributed by atoms with Crippen molar-refractivity contribution in [2.45, 2.75) is 46.8 Å². The molecule has 0 saturated heterocycles. The summed E-state index contributed by atoms with van der Waals surface area (Å²) in [5.74, 6) is -0.586. The lowest BCUT2D eigenvalue weighted by atomic mass is 10.3. The van der Waals surface area contributed by atoms with Crippen molar-refractivity contribution in [3.63, 3.8) is 0 Å². The van der Waals surface area contributed by atoms with Gasteiger partial charge in [0.2, 0.25) is 0 Å². The zero-order valence-electron chi connectivity index (χ0n) is 15.8. The second kappa shape index (κ2) is 7.14. The standard InChI is InChI=1S/C17H21N7O3/c1-9(2)23-13(6-7-18-23)20-15(25)12(5)27-16(26)14-21-17-19-10(3)8-11(4)24(17)22-14/h6-9,12H,1-5H3,(H,20,25)/t12-/m1/s1. The molecule has 0 spiro atoms. The summed E-state index contributed by atoms with van der Waals surface area (Å²) in [6.07, 6.45) is 0.555. The number of carbonyl (C=O) groups is 2. The minimum Gasteiger partial charge on any atom is -0.447 e.